The Kier molecular flexibility index (Phi) is 7.49. The number of Topliss-reactive ketones (excluding diaryl/α,β-unsaturated/α-hetero) is 1. The first kappa shape index (κ1) is 25.1. The summed E-state index contributed by atoms with van der Waals surface area (Å²) in [5.74, 6) is 0.622. The summed E-state index contributed by atoms with van der Waals surface area (Å²) < 4.78 is 21.5. The summed E-state index contributed by atoms with van der Waals surface area (Å²) in [6.07, 6.45) is 0.462. The van der Waals surface area contributed by atoms with Gasteiger partial charge < -0.3 is 29.0 Å². The molecule has 0 saturated heterocycles. The van der Waals surface area contributed by atoms with E-state index in [1.54, 1.807) is 56.0 Å². The van der Waals surface area contributed by atoms with Crippen LogP contribution in [0.5, 0.6) is 23.0 Å². The van der Waals surface area contributed by atoms with Gasteiger partial charge in [0.05, 0.1) is 44.9 Å². The monoisotopic (exact) mass is 509 g/mol. The lowest BCUT2D eigenvalue weighted by Crippen LogP contribution is -2.33. The number of hydrogen-bond donors (Lipinski definition) is 1. The molecule has 3 aromatic rings. The Morgan fingerprint density at radius 2 is 1.56 bits per heavy atom. The zero-order chi connectivity index (χ0) is 25.8. The molecule has 2 heterocycles. The molecule has 36 heavy (non-hydrogen) atoms. The Hall–Kier alpha value is -3.98. The maximum absolute atomic E-state index is 13.4. The van der Waals surface area contributed by atoms with Crippen LogP contribution in [0.4, 0.5) is 0 Å². The van der Waals surface area contributed by atoms with Crippen molar-refractivity contribution in [2.45, 2.75) is 12.5 Å². The van der Waals surface area contributed by atoms with Gasteiger partial charge in [0.2, 0.25) is 5.78 Å². The number of hydrogen-bond acceptors (Lipinski definition) is 8. The summed E-state index contributed by atoms with van der Waals surface area (Å²) >= 11 is 1.26. The molecule has 1 N–H and O–H groups in total. The van der Waals surface area contributed by atoms with E-state index >= 15 is 0 Å². The number of rotatable bonds is 10. The van der Waals surface area contributed by atoms with Crippen molar-refractivity contribution in [2.24, 2.45) is 0 Å². The van der Waals surface area contributed by atoms with Crippen molar-refractivity contribution in [1.82, 2.24) is 4.90 Å². The highest BCUT2D eigenvalue weighted by atomic mass is 32.1. The summed E-state index contributed by atoms with van der Waals surface area (Å²) in [7, 11) is 6.17. The minimum atomic E-state index is -0.799. The largest absolute Gasteiger partial charge is 0.503 e. The number of methoxy groups -OCH3 is 4. The van der Waals surface area contributed by atoms with Crippen molar-refractivity contribution in [3.63, 3.8) is 0 Å². The van der Waals surface area contributed by atoms with Gasteiger partial charge in [0.1, 0.15) is 0 Å². The number of ketones is 1. The molecule has 1 aliphatic heterocycles. The fourth-order valence-electron chi connectivity index (χ4n) is 4.31. The number of thiophene rings is 1. The highest BCUT2D eigenvalue weighted by molar-refractivity contribution is 7.12. The van der Waals surface area contributed by atoms with Gasteiger partial charge in [-0.2, -0.15) is 0 Å². The number of carbonyl (C=O) groups is 2. The van der Waals surface area contributed by atoms with Gasteiger partial charge in [-0.1, -0.05) is 18.2 Å². The average molecular weight is 510 g/mol. The van der Waals surface area contributed by atoms with Crippen LogP contribution < -0.4 is 18.9 Å². The lowest BCUT2D eigenvalue weighted by Gasteiger charge is -2.27. The summed E-state index contributed by atoms with van der Waals surface area (Å²) in [4.78, 5) is 28.6. The van der Waals surface area contributed by atoms with Crippen LogP contribution in [0.3, 0.4) is 0 Å². The highest BCUT2D eigenvalue weighted by Gasteiger charge is 2.44. The van der Waals surface area contributed by atoms with Crippen molar-refractivity contribution < 1.29 is 33.6 Å². The maximum atomic E-state index is 13.4. The number of benzene rings is 2. The van der Waals surface area contributed by atoms with E-state index < -0.39 is 17.7 Å². The van der Waals surface area contributed by atoms with Gasteiger partial charge in [-0.15, -0.1) is 11.3 Å². The number of amides is 1. The highest BCUT2D eigenvalue weighted by Crippen LogP contribution is 2.42. The summed E-state index contributed by atoms with van der Waals surface area (Å²) in [5.41, 5.74) is 1.57. The predicted molar refractivity (Wildman–Crippen MR) is 136 cm³/mol. The third-order valence-electron chi connectivity index (χ3n) is 6.11. The first-order chi connectivity index (χ1) is 17.4. The van der Waals surface area contributed by atoms with E-state index in [4.69, 9.17) is 18.9 Å². The van der Waals surface area contributed by atoms with E-state index in [1.165, 1.54) is 30.5 Å². The van der Waals surface area contributed by atoms with Gasteiger partial charge in [0.25, 0.3) is 5.91 Å². The number of ether oxygens (including phenoxy) is 4. The van der Waals surface area contributed by atoms with E-state index in [2.05, 4.69) is 0 Å². The van der Waals surface area contributed by atoms with Gasteiger partial charge >= 0.3 is 0 Å². The molecule has 0 radical (unpaired) electrons. The number of aliphatic hydroxyl groups excluding tert-OH is 1. The van der Waals surface area contributed by atoms with Gasteiger partial charge in [-0.25, -0.2) is 0 Å². The first-order valence-electron chi connectivity index (χ1n) is 11.2. The Morgan fingerprint density at radius 3 is 2.17 bits per heavy atom. The zero-order valence-corrected chi connectivity index (χ0v) is 21.3. The van der Waals surface area contributed by atoms with Crippen LogP contribution in [0.25, 0.3) is 0 Å². The van der Waals surface area contributed by atoms with Gasteiger partial charge in [0, 0.05) is 6.54 Å². The molecule has 1 amide bonds. The van der Waals surface area contributed by atoms with Crippen molar-refractivity contribution >= 4 is 23.0 Å². The molecule has 1 aromatic heterocycles. The molecule has 4 rings (SSSR count). The van der Waals surface area contributed by atoms with Crippen molar-refractivity contribution in [1.29, 1.82) is 0 Å². The third kappa shape index (κ3) is 4.61. The van der Waals surface area contributed by atoms with Crippen molar-refractivity contribution in [2.75, 3.05) is 35.0 Å². The summed E-state index contributed by atoms with van der Waals surface area (Å²) in [6, 6.07) is 13.4. The molecule has 0 fully saturated rings. The van der Waals surface area contributed by atoms with Crippen LogP contribution >= 0.6 is 11.3 Å². The number of aliphatic hydroxyl groups is 1. The van der Waals surface area contributed by atoms with E-state index in [1.807, 2.05) is 12.1 Å². The molecule has 8 nitrogen and oxygen atoms in total. The van der Waals surface area contributed by atoms with E-state index in [0.717, 1.165) is 5.56 Å². The summed E-state index contributed by atoms with van der Waals surface area (Å²) in [6.45, 7) is 0.249. The zero-order valence-electron chi connectivity index (χ0n) is 20.4. The second-order valence-corrected chi connectivity index (χ2v) is 8.97. The fraction of sp³-hybridized carbons (Fsp3) is 0.259. The van der Waals surface area contributed by atoms with Crippen LogP contribution in [-0.4, -0.2) is 56.7 Å². The first-order valence-corrected chi connectivity index (χ1v) is 12.1. The Balaban J connectivity index is 1.72. The smallest absolute Gasteiger partial charge is 0.290 e. The standard InChI is InChI=1S/C27H27NO7S/c1-32-18-9-7-16(14-20(18)34-3)11-12-28-24(17-8-10-19(33-2)21(15-17)35-4)23(26(30)27(28)31)25(29)22-6-5-13-36-22/h5-10,13-15,24,30H,11-12H2,1-4H3/t24-/m0/s1. The molecule has 0 bridgehead atoms. The normalized spacial score (nSPS) is 15.3. The maximum Gasteiger partial charge on any atom is 0.290 e. The Morgan fingerprint density at radius 1 is 0.917 bits per heavy atom. The van der Waals surface area contributed by atoms with E-state index in [9.17, 15) is 14.7 Å². The van der Waals surface area contributed by atoms with Crippen LogP contribution in [-0.2, 0) is 11.2 Å². The Labute approximate surface area is 213 Å². The molecule has 2 aromatic carbocycles. The second kappa shape index (κ2) is 10.7. The molecule has 0 spiro atoms. The third-order valence-corrected chi connectivity index (χ3v) is 6.97. The number of nitrogens with zero attached hydrogens (tertiary/aromatic N) is 1. The molecular formula is C27H27NO7S. The minimum absolute atomic E-state index is 0.0435. The molecule has 1 atom stereocenters. The molecule has 0 saturated carbocycles. The SMILES string of the molecule is COc1ccc(CCN2C(=O)C(O)=C(C(=O)c3cccs3)[C@@H]2c2ccc(OC)c(OC)c2)cc1OC. The Bertz CT molecular complexity index is 1300. The minimum Gasteiger partial charge on any atom is -0.503 e. The van der Waals surface area contributed by atoms with Gasteiger partial charge in [0.15, 0.2) is 28.8 Å². The predicted octanol–water partition coefficient (Wildman–Crippen LogP) is 4.60. The molecule has 1 aliphatic rings. The van der Waals surface area contributed by atoms with Crippen LogP contribution in [0.15, 0.2) is 65.2 Å². The lowest BCUT2D eigenvalue weighted by molar-refractivity contribution is -0.129. The van der Waals surface area contributed by atoms with Gasteiger partial charge in [-0.3, -0.25) is 9.59 Å². The lowest BCUT2D eigenvalue weighted by atomic mass is 9.95. The van der Waals surface area contributed by atoms with Crippen LogP contribution in [0, 0.1) is 0 Å². The van der Waals surface area contributed by atoms with E-state index in [-0.39, 0.29) is 17.9 Å². The average Bonchev–Trinajstić information content (AvgIpc) is 3.54. The van der Waals surface area contributed by atoms with Crippen LogP contribution in [0.1, 0.15) is 26.8 Å². The van der Waals surface area contributed by atoms with Crippen molar-refractivity contribution in [3.8, 4) is 23.0 Å². The quantitative estimate of drug-likeness (QED) is 0.399. The fourth-order valence-corrected chi connectivity index (χ4v) is 4.99. The number of carbonyl (C=O) groups excluding carboxylic acids is 2. The molecule has 0 unspecified atom stereocenters. The summed E-state index contributed by atoms with van der Waals surface area (Å²) in [5, 5.41) is 12.7. The molecule has 0 aliphatic carbocycles. The molecular weight excluding hydrogens is 482 g/mol. The van der Waals surface area contributed by atoms with Crippen molar-refractivity contribution in [3.05, 3.63) is 81.2 Å². The molecule has 9 heteroatoms. The van der Waals surface area contributed by atoms with Crippen LogP contribution in [0.2, 0.25) is 0 Å². The topological polar surface area (TPSA) is 94.5 Å². The molecule has 188 valence electrons. The second-order valence-electron chi connectivity index (χ2n) is 8.02. The van der Waals surface area contributed by atoms with E-state index in [0.29, 0.717) is 39.9 Å². The van der Waals surface area contributed by atoms with Gasteiger partial charge in [-0.05, 0) is 53.3 Å².